The fraction of sp³-hybridized carbons (Fsp3) is 0.375. The number of hydrogen-bond acceptors (Lipinski definition) is 4. The molecule has 5 nitrogen and oxygen atoms in total. The van der Waals surface area contributed by atoms with Crippen molar-refractivity contribution in [2.24, 2.45) is 10.7 Å². The summed E-state index contributed by atoms with van der Waals surface area (Å²) in [7, 11) is 0. The molecule has 21 heavy (non-hydrogen) atoms. The molecule has 0 saturated carbocycles. The van der Waals surface area contributed by atoms with Crippen molar-refractivity contribution in [2.45, 2.75) is 25.8 Å². The van der Waals surface area contributed by atoms with E-state index in [0.29, 0.717) is 26.0 Å². The second-order valence-corrected chi connectivity index (χ2v) is 4.44. The number of aliphatic imine (C=N–C) groups is 1. The van der Waals surface area contributed by atoms with Crippen LogP contribution < -0.4 is 10.5 Å². The Bertz CT molecular complexity index is 481. The lowest BCUT2D eigenvalue weighted by Crippen LogP contribution is -2.19. The van der Waals surface area contributed by atoms with Gasteiger partial charge in [-0.15, -0.1) is 0 Å². The summed E-state index contributed by atoms with van der Waals surface area (Å²) in [5.41, 5.74) is 6.37. The fourth-order valence-corrected chi connectivity index (χ4v) is 1.72. The Kier molecular flexibility index (Phi) is 7.82. The molecule has 114 valence electrons. The number of carboxylic acid groups (broad SMARTS) is 1. The third kappa shape index (κ3) is 6.72. The Morgan fingerprint density at radius 2 is 2.14 bits per heavy atom. The number of allylic oxidation sites excluding steroid dienone is 1. The molecule has 0 saturated heterocycles. The summed E-state index contributed by atoms with van der Waals surface area (Å²) in [6.07, 6.45) is 6.22. The second-order valence-electron chi connectivity index (χ2n) is 4.44. The summed E-state index contributed by atoms with van der Waals surface area (Å²) in [6, 6.07) is 6.92. The fourth-order valence-electron chi connectivity index (χ4n) is 1.72. The molecule has 1 atom stereocenters. The molecule has 0 aliphatic rings. The van der Waals surface area contributed by atoms with Gasteiger partial charge in [0.25, 0.3) is 0 Å². The third-order valence-corrected chi connectivity index (χ3v) is 2.80. The van der Waals surface area contributed by atoms with Crippen LogP contribution in [0, 0.1) is 0 Å². The van der Waals surface area contributed by atoms with Crippen molar-refractivity contribution >= 4 is 18.3 Å². The zero-order chi connectivity index (χ0) is 15.5. The van der Waals surface area contributed by atoms with E-state index in [1.54, 1.807) is 6.08 Å². The second kappa shape index (κ2) is 9.72. The summed E-state index contributed by atoms with van der Waals surface area (Å²) in [6.45, 7) is 3.05. The average Bonchev–Trinajstić information content (AvgIpc) is 2.48. The third-order valence-electron chi connectivity index (χ3n) is 2.80. The standard InChI is InChI=1S/C16H22N2O3/c1-2-21-14-9-7-13(8-10-14)5-4-12-18-15(16(19)20)6-3-11-17/h4-5,7-10,12,15H,2-3,6,11,17H2,1H3,(H,19,20)/b5-4+,18-12?/t15-/m0/s1. The molecule has 0 aliphatic heterocycles. The predicted molar refractivity (Wildman–Crippen MR) is 84.8 cm³/mol. The monoisotopic (exact) mass is 290 g/mol. The van der Waals surface area contributed by atoms with Crippen LogP contribution in [0.15, 0.2) is 35.3 Å². The Morgan fingerprint density at radius 3 is 2.71 bits per heavy atom. The molecular formula is C16H22N2O3. The van der Waals surface area contributed by atoms with Crippen LogP contribution in [-0.4, -0.2) is 36.5 Å². The van der Waals surface area contributed by atoms with Crippen molar-refractivity contribution in [3.63, 3.8) is 0 Å². The maximum Gasteiger partial charge on any atom is 0.328 e. The van der Waals surface area contributed by atoms with Gasteiger partial charge in [0.15, 0.2) is 0 Å². The van der Waals surface area contributed by atoms with E-state index in [9.17, 15) is 4.79 Å². The van der Waals surface area contributed by atoms with Crippen LogP contribution in [0.3, 0.4) is 0 Å². The number of nitrogens with zero attached hydrogens (tertiary/aromatic N) is 1. The van der Waals surface area contributed by atoms with Crippen LogP contribution >= 0.6 is 0 Å². The topological polar surface area (TPSA) is 84.9 Å². The quantitative estimate of drug-likeness (QED) is 0.684. The van der Waals surface area contributed by atoms with Crippen molar-refractivity contribution in [1.29, 1.82) is 0 Å². The molecule has 0 aliphatic carbocycles. The maximum atomic E-state index is 11.0. The molecule has 0 spiro atoms. The number of carboxylic acids is 1. The molecule has 0 bridgehead atoms. The molecule has 3 N–H and O–H groups in total. The first kappa shape index (κ1) is 16.9. The molecule has 0 amide bonds. The minimum atomic E-state index is -0.922. The highest BCUT2D eigenvalue weighted by atomic mass is 16.5. The molecule has 0 unspecified atom stereocenters. The van der Waals surface area contributed by atoms with Crippen molar-refractivity contribution in [3.8, 4) is 5.75 Å². The number of hydrogen-bond donors (Lipinski definition) is 2. The number of benzene rings is 1. The summed E-state index contributed by atoms with van der Waals surface area (Å²) in [4.78, 5) is 15.0. The van der Waals surface area contributed by atoms with Gasteiger partial charge in [-0.3, -0.25) is 4.99 Å². The Hall–Kier alpha value is -2.14. The SMILES string of the molecule is CCOc1ccc(/C=C/C=N[C@@H](CCCN)C(=O)O)cc1. The van der Waals surface area contributed by atoms with Crippen molar-refractivity contribution in [1.82, 2.24) is 0 Å². The minimum Gasteiger partial charge on any atom is -0.494 e. The molecule has 1 aromatic carbocycles. The molecule has 1 rings (SSSR count). The van der Waals surface area contributed by atoms with E-state index in [1.807, 2.05) is 37.3 Å². The van der Waals surface area contributed by atoms with Gasteiger partial charge in [-0.25, -0.2) is 4.79 Å². The van der Waals surface area contributed by atoms with E-state index >= 15 is 0 Å². The summed E-state index contributed by atoms with van der Waals surface area (Å²) in [5, 5.41) is 9.00. The van der Waals surface area contributed by atoms with Crippen molar-refractivity contribution in [2.75, 3.05) is 13.2 Å². The summed E-state index contributed by atoms with van der Waals surface area (Å²) < 4.78 is 5.36. The molecule has 5 heteroatoms. The Labute approximate surface area is 125 Å². The Balaban J connectivity index is 2.55. The van der Waals surface area contributed by atoms with Gasteiger partial charge in [-0.1, -0.05) is 18.2 Å². The van der Waals surface area contributed by atoms with Crippen LogP contribution in [-0.2, 0) is 4.79 Å². The summed E-state index contributed by atoms with van der Waals surface area (Å²) >= 11 is 0. The first-order valence-corrected chi connectivity index (χ1v) is 7.03. The normalized spacial score (nSPS) is 12.9. The van der Waals surface area contributed by atoms with Gasteiger partial charge in [-0.05, 0) is 50.1 Å². The molecular weight excluding hydrogens is 268 g/mol. The van der Waals surface area contributed by atoms with Gasteiger partial charge in [0.05, 0.1) is 6.61 Å². The lowest BCUT2D eigenvalue weighted by molar-refractivity contribution is -0.138. The number of aliphatic carboxylic acids is 1. The van der Waals surface area contributed by atoms with E-state index in [4.69, 9.17) is 15.6 Å². The number of nitrogens with two attached hydrogens (primary N) is 1. The van der Waals surface area contributed by atoms with Gasteiger partial charge >= 0.3 is 5.97 Å². The van der Waals surface area contributed by atoms with E-state index < -0.39 is 12.0 Å². The molecule has 0 aromatic heterocycles. The number of rotatable bonds is 9. The van der Waals surface area contributed by atoms with Crippen LogP contribution in [0.2, 0.25) is 0 Å². The van der Waals surface area contributed by atoms with Crippen molar-refractivity contribution < 1.29 is 14.6 Å². The Morgan fingerprint density at radius 1 is 1.43 bits per heavy atom. The number of ether oxygens (including phenoxy) is 1. The van der Waals surface area contributed by atoms with Crippen LogP contribution in [0.1, 0.15) is 25.3 Å². The van der Waals surface area contributed by atoms with Crippen LogP contribution in [0.4, 0.5) is 0 Å². The van der Waals surface area contributed by atoms with Gasteiger partial charge in [0.1, 0.15) is 11.8 Å². The van der Waals surface area contributed by atoms with E-state index in [2.05, 4.69) is 4.99 Å². The molecule has 0 radical (unpaired) electrons. The van der Waals surface area contributed by atoms with Gasteiger partial charge in [-0.2, -0.15) is 0 Å². The lowest BCUT2D eigenvalue weighted by atomic mass is 10.1. The minimum absolute atomic E-state index is 0.458. The zero-order valence-corrected chi connectivity index (χ0v) is 12.2. The average molecular weight is 290 g/mol. The highest BCUT2D eigenvalue weighted by molar-refractivity contribution is 5.82. The highest BCUT2D eigenvalue weighted by Crippen LogP contribution is 2.12. The highest BCUT2D eigenvalue weighted by Gasteiger charge is 2.13. The summed E-state index contributed by atoms with van der Waals surface area (Å²) in [5.74, 6) is -0.0924. The number of carbonyl (C=O) groups is 1. The van der Waals surface area contributed by atoms with E-state index in [-0.39, 0.29) is 0 Å². The predicted octanol–water partition coefficient (Wildman–Crippen LogP) is 2.36. The molecule has 0 fully saturated rings. The smallest absolute Gasteiger partial charge is 0.328 e. The largest absolute Gasteiger partial charge is 0.494 e. The molecule has 1 aromatic rings. The van der Waals surface area contributed by atoms with Gasteiger partial charge in [0, 0.05) is 6.21 Å². The first-order chi connectivity index (χ1) is 10.2. The van der Waals surface area contributed by atoms with Crippen LogP contribution in [0.25, 0.3) is 6.08 Å². The molecule has 0 heterocycles. The van der Waals surface area contributed by atoms with E-state index in [0.717, 1.165) is 11.3 Å². The van der Waals surface area contributed by atoms with Crippen molar-refractivity contribution in [3.05, 3.63) is 35.9 Å². The maximum absolute atomic E-state index is 11.0. The van der Waals surface area contributed by atoms with Gasteiger partial charge < -0.3 is 15.6 Å². The first-order valence-electron chi connectivity index (χ1n) is 7.03. The zero-order valence-electron chi connectivity index (χ0n) is 12.2. The van der Waals surface area contributed by atoms with Crippen LogP contribution in [0.5, 0.6) is 5.75 Å². The van der Waals surface area contributed by atoms with Gasteiger partial charge in [0.2, 0.25) is 0 Å². The lowest BCUT2D eigenvalue weighted by Gasteiger charge is -2.04. The van der Waals surface area contributed by atoms with E-state index in [1.165, 1.54) is 6.21 Å².